The fourth-order valence-corrected chi connectivity index (χ4v) is 2.45. The zero-order valence-electron chi connectivity index (χ0n) is 10.1. The number of H-pyrrole nitrogens is 1. The quantitative estimate of drug-likeness (QED) is 0.869. The first kappa shape index (κ1) is 11.4. The van der Waals surface area contributed by atoms with Gasteiger partial charge in [-0.25, -0.2) is 9.37 Å². The van der Waals surface area contributed by atoms with Crippen molar-refractivity contribution in [3.63, 3.8) is 0 Å². The second kappa shape index (κ2) is 4.90. The lowest BCUT2D eigenvalue weighted by atomic mass is 9.76. The van der Waals surface area contributed by atoms with Gasteiger partial charge in [-0.15, -0.1) is 0 Å². The van der Waals surface area contributed by atoms with Crippen molar-refractivity contribution < 1.29 is 4.39 Å². The summed E-state index contributed by atoms with van der Waals surface area (Å²) in [5, 5.41) is 3.45. The van der Waals surface area contributed by atoms with E-state index >= 15 is 0 Å². The number of nitrogens with one attached hydrogen (secondary N) is 2. The van der Waals surface area contributed by atoms with Crippen molar-refractivity contribution in [2.45, 2.75) is 31.3 Å². The fraction of sp³-hybridized carbons (Fsp3) is 0.357. The molecule has 0 bridgehead atoms. The van der Waals surface area contributed by atoms with Crippen LogP contribution < -0.4 is 5.32 Å². The number of imidazole rings is 1. The molecule has 0 unspecified atom stereocenters. The van der Waals surface area contributed by atoms with E-state index in [2.05, 4.69) is 15.3 Å². The largest absolute Gasteiger partial charge is 0.348 e. The van der Waals surface area contributed by atoms with Crippen LogP contribution in [0.5, 0.6) is 0 Å². The van der Waals surface area contributed by atoms with Gasteiger partial charge in [0.25, 0.3) is 0 Å². The second-order valence-electron chi connectivity index (χ2n) is 4.84. The van der Waals surface area contributed by atoms with Gasteiger partial charge in [-0.1, -0.05) is 12.1 Å². The van der Waals surface area contributed by atoms with Crippen LogP contribution in [0.2, 0.25) is 0 Å². The fourth-order valence-electron chi connectivity index (χ4n) is 2.45. The topological polar surface area (TPSA) is 40.7 Å². The molecule has 2 N–H and O–H groups in total. The van der Waals surface area contributed by atoms with Crippen LogP contribution >= 0.6 is 0 Å². The highest BCUT2D eigenvalue weighted by Crippen LogP contribution is 2.37. The van der Waals surface area contributed by atoms with Gasteiger partial charge < -0.3 is 10.3 Å². The minimum absolute atomic E-state index is 0.139. The number of benzene rings is 1. The van der Waals surface area contributed by atoms with Crippen molar-refractivity contribution in [1.29, 1.82) is 0 Å². The van der Waals surface area contributed by atoms with Crippen LogP contribution in [-0.4, -0.2) is 16.0 Å². The maximum absolute atomic E-state index is 13.1. The molecular formula is C14H16FN3. The number of hydrogen-bond donors (Lipinski definition) is 2. The molecule has 94 valence electrons. The van der Waals surface area contributed by atoms with Crippen molar-refractivity contribution in [2.75, 3.05) is 0 Å². The highest BCUT2D eigenvalue weighted by molar-refractivity contribution is 5.23. The second-order valence-corrected chi connectivity index (χ2v) is 4.84. The molecule has 0 amide bonds. The van der Waals surface area contributed by atoms with Crippen LogP contribution in [0.15, 0.2) is 36.7 Å². The number of aromatic nitrogens is 2. The first-order chi connectivity index (χ1) is 8.81. The predicted molar refractivity (Wildman–Crippen MR) is 67.6 cm³/mol. The lowest BCUT2D eigenvalue weighted by Gasteiger charge is -2.36. The van der Waals surface area contributed by atoms with E-state index in [1.54, 1.807) is 18.3 Å². The van der Waals surface area contributed by atoms with Gasteiger partial charge in [0.1, 0.15) is 11.6 Å². The summed E-state index contributed by atoms with van der Waals surface area (Å²) in [5.74, 6) is 1.32. The molecule has 3 nitrogen and oxygen atoms in total. The normalized spacial score (nSPS) is 22.7. The third-order valence-electron chi connectivity index (χ3n) is 3.57. The standard InChI is InChI=1S/C14H16FN3/c15-12-3-1-2-10(6-12)11-7-13(8-11)18-9-14-16-4-5-17-14/h1-6,11,13,18H,7-9H2,(H,16,17). The van der Waals surface area contributed by atoms with E-state index < -0.39 is 0 Å². The molecule has 1 aromatic heterocycles. The molecule has 0 radical (unpaired) electrons. The molecule has 1 saturated carbocycles. The molecule has 0 saturated heterocycles. The molecule has 0 spiro atoms. The van der Waals surface area contributed by atoms with Gasteiger partial charge in [-0.05, 0) is 36.5 Å². The first-order valence-corrected chi connectivity index (χ1v) is 6.28. The van der Waals surface area contributed by atoms with Crippen molar-refractivity contribution in [3.8, 4) is 0 Å². The molecule has 1 fully saturated rings. The molecule has 0 aliphatic heterocycles. The van der Waals surface area contributed by atoms with Crippen molar-refractivity contribution in [3.05, 3.63) is 53.9 Å². The van der Waals surface area contributed by atoms with Crippen LogP contribution in [-0.2, 0) is 6.54 Å². The van der Waals surface area contributed by atoms with Crippen LogP contribution in [0.4, 0.5) is 4.39 Å². The third kappa shape index (κ3) is 2.43. The summed E-state index contributed by atoms with van der Waals surface area (Å²) < 4.78 is 13.1. The molecule has 1 aliphatic rings. The zero-order chi connectivity index (χ0) is 12.4. The lowest BCUT2D eigenvalue weighted by Crippen LogP contribution is -2.39. The SMILES string of the molecule is Fc1cccc(C2CC(NCc3ncc[nH]3)C2)c1. The molecular weight excluding hydrogens is 229 g/mol. The van der Waals surface area contributed by atoms with Crippen LogP contribution in [0.1, 0.15) is 30.1 Å². The average Bonchev–Trinajstić information content (AvgIpc) is 2.80. The molecule has 0 atom stereocenters. The van der Waals surface area contributed by atoms with Gasteiger partial charge in [-0.3, -0.25) is 0 Å². The Morgan fingerprint density at radius 1 is 1.39 bits per heavy atom. The molecule has 18 heavy (non-hydrogen) atoms. The Bertz CT molecular complexity index is 504. The Hall–Kier alpha value is -1.68. The van der Waals surface area contributed by atoms with Gasteiger partial charge in [-0.2, -0.15) is 0 Å². The van der Waals surface area contributed by atoms with Crippen molar-refractivity contribution in [1.82, 2.24) is 15.3 Å². The van der Waals surface area contributed by atoms with E-state index in [0.717, 1.165) is 30.8 Å². The Morgan fingerprint density at radius 2 is 2.28 bits per heavy atom. The number of nitrogens with zero attached hydrogens (tertiary/aromatic N) is 1. The Morgan fingerprint density at radius 3 is 3.00 bits per heavy atom. The van der Waals surface area contributed by atoms with E-state index in [-0.39, 0.29) is 5.82 Å². The smallest absolute Gasteiger partial charge is 0.123 e. The lowest BCUT2D eigenvalue weighted by molar-refractivity contribution is 0.287. The van der Waals surface area contributed by atoms with Gasteiger partial charge in [0, 0.05) is 18.4 Å². The Labute approximate surface area is 105 Å². The average molecular weight is 245 g/mol. The van der Waals surface area contributed by atoms with Gasteiger partial charge in [0.05, 0.1) is 6.54 Å². The van der Waals surface area contributed by atoms with Crippen LogP contribution in [0.25, 0.3) is 0 Å². The van der Waals surface area contributed by atoms with E-state index in [9.17, 15) is 4.39 Å². The molecule has 1 aromatic carbocycles. The number of hydrogen-bond acceptors (Lipinski definition) is 2. The maximum Gasteiger partial charge on any atom is 0.123 e. The summed E-state index contributed by atoms with van der Waals surface area (Å²) >= 11 is 0. The molecule has 4 heteroatoms. The summed E-state index contributed by atoms with van der Waals surface area (Å²) in [7, 11) is 0. The van der Waals surface area contributed by atoms with Crippen LogP contribution in [0.3, 0.4) is 0 Å². The molecule has 2 aromatic rings. The van der Waals surface area contributed by atoms with E-state index in [1.165, 1.54) is 6.07 Å². The maximum atomic E-state index is 13.1. The van der Waals surface area contributed by atoms with E-state index in [1.807, 2.05) is 12.3 Å². The van der Waals surface area contributed by atoms with Crippen molar-refractivity contribution >= 4 is 0 Å². The number of rotatable bonds is 4. The molecule has 3 rings (SSSR count). The number of aromatic amines is 1. The third-order valence-corrected chi connectivity index (χ3v) is 3.57. The minimum Gasteiger partial charge on any atom is -0.348 e. The summed E-state index contributed by atoms with van der Waals surface area (Å²) in [4.78, 5) is 7.24. The highest BCUT2D eigenvalue weighted by Gasteiger charge is 2.29. The van der Waals surface area contributed by atoms with Crippen molar-refractivity contribution in [2.24, 2.45) is 0 Å². The minimum atomic E-state index is -0.139. The first-order valence-electron chi connectivity index (χ1n) is 6.28. The zero-order valence-corrected chi connectivity index (χ0v) is 10.1. The van der Waals surface area contributed by atoms with Gasteiger partial charge in [0.15, 0.2) is 0 Å². The van der Waals surface area contributed by atoms with E-state index in [4.69, 9.17) is 0 Å². The molecule has 1 heterocycles. The summed E-state index contributed by atoms with van der Waals surface area (Å²) in [6, 6.07) is 7.45. The Balaban J connectivity index is 1.48. The van der Waals surface area contributed by atoms with Gasteiger partial charge >= 0.3 is 0 Å². The van der Waals surface area contributed by atoms with E-state index in [0.29, 0.717) is 12.0 Å². The summed E-state index contributed by atoms with van der Waals surface area (Å²) in [6.07, 6.45) is 5.73. The number of halogens is 1. The Kier molecular flexibility index (Phi) is 3.11. The summed E-state index contributed by atoms with van der Waals surface area (Å²) in [5.41, 5.74) is 1.12. The van der Waals surface area contributed by atoms with Gasteiger partial charge in [0.2, 0.25) is 0 Å². The predicted octanol–water partition coefficient (Wildman–Crippen LogP) is 2.58. The van der Waals surface area contributed by atoms with Crippen LogP contribution in [0, 0.1) is 5.82 Å². The molecule has 1 aliphatic carbocycles. The highest BCUT2D eigenvalue weighted by atomic mass is 19.1. The monoisotopic (exact) mass is 245 g/mol. The summed E-state index contributed by atoms with van der Waals surface area (Å²) in [6.45, 7) is 0.771.